The Balaban J connectivity index is 1.20. The summed E-state index contributed by atoms with van der Waals surface area (Å²) in [6.07, 6.45) is 11.8. The van der Waals surface area contributed by atoms with E-state index in [1.54, 1.807) is 12.4 Å². The van der Waals surface area contributed by atoms with Gasteiger partial charge in [0.05, 0.1) is 22.9 Å². The molecule has 6 aromatic rings. The summed E-state index contributed by atoms with van der Waals surface area (Å²) in [6.45, 7) is 1.91. The minimum absolute atomic E-state index is 0.0638. The number of carbonyl (C=O) groups is 1. The molecule has 1 fully saturated rings. The van der Waals surface area contributed by atoms with E-state index in [-0.39, 0.29) is 11.9 Å². The SMILES string of the molecule is Cc1ccc(C(=O)N[C@H]2CCc3cc(-n4c(-c5cccnc5N)nc5ccc(-c6ccn(C7CC7)c6)nc54)ccc32)cn1. The first-order valence-electron chi connectivity index (χ1n) is 14.7. The number of aryl methyl sites for hydroxylation is 2. The lowest BCUT2D eigenvalue weighted by atomic mass is 10.1. The van der Waals surface area contributed by atoms with Crippen molar-refractivity contribution in [2.75, 3.05) is 5.73 Å². The number of hydrogen-bond acceptors (Lipinski definition) is 6. The summed E-state index contributed by atoms with van der Waals surface area (Å²) in [6, 6.07) is 20.6. The number of nitrogens with one attached hydrogen (secondary N) is 1. The fourth-order valence-corrected chi connectivity index (χ4v) is 6.05. The summed E-state index contributed by atoms with van der Waals surface area (Å²) in [5, 5.41) is 3.20. The quantitative estimate of drug-likeness (QED) is 0.256. The van der Waals surface area contributed by atoms with Crippen molar-refractivity contribution >= 4 is 22.9 Å². The molecular formula is C34H30N8O. The number of hydrogen-bond donors (Lipinski definition) is 2. The van der Waals surface area contributed by atoms with Gasteiger partial charge in [-0.2, -0.15) is 0 Å². The average Bonchev–Trinajstić information content (AvgIpc) is 3.44. The maximum atomic E-state index is 13.0. The fourth-order valence-electron chi connectivity index (χ4n) is 6.05. The van der Waals surface area contributed by atoms with E-state index in [2.05, 4.69) is 61.1 Å². The highest BCUT2D eigenvalue weighted by molar-refractivity contribution is 5.94. The van der Waals surface area contributed by atoms with Crippen molar-refractivity contribution < 1.29 is 4.79 Å². The monoisotopic (exact) mass is 566 g/mol. The number of nitrogens with two attached hydrogens (primary N) is 1. The molecule has 9 heteroatoms. The Morgan fingerprint density at radius 2 is 1.91 bits per heavy atom. The molecule has 0 unspecified atom stereocenters. The maximum absolute atomic E-state index is 13.0. The van der Waals surface area contributed by atoms with Crippen LogP contribution in [-0.4, -0.2) is 35.0 Å². The molecule has 8 rings (SSSR count). The summed E-state index contributed by atoms with van der Waals surface area (Å²) in [7, 11) is 0. The number of rotatable bonds is 6. The third-order valence-electron chi connectivity index (χ3n) is 8.50. The predicted molar refractivity (Wildman–Crippen MR) is 166 cm³/mol. The Kier molecular flexibility index (Phi) is 5.85. The molecule has 0 saturated heterocycles. The largest absolute Gasteiger partial charge is 0.383 e. The molecule has 1 amide bonds. The van der Waals surface area contributed by atoms with Crippen LogP contribution in [0.1, 0.15) is 58.5 Å². The lowest BCUT2D eigenvalue weighted by Crippen LogP contribution is -2.27. The number of nitrogen functional groups attached to an aromatic ring is 1. The second kappa shape index (κ2) is 9.90. The Labute approximate surface area is 248 Å². The zero-order chi connectivity index (χ0) is 29.1. The molecular weight excluding hydrogens is 536 g/mol. The molecule has 1 aromatic carbocycles. The van der Waals surface area contributed by atoms with Crippen LogP contribution in [0.25, 0.3) is 39.5 Å². The molecule has 0 spiro atoms. The molecule has 0 radical (unpaired) electrons. The molecule has 0 aliphatic heterocycles. The maximum Gasteiger partial charge on any atom is 0.253 e. The number of aromatic nitrogens is 6. The molecule has 2 aliphatic carbocycles. The number of carbonyl (C=O) groups excluding carboxylic acids is 1. The van der Waals surface area contributed by atoms with Crippen molar-refractivity contribution in [2.45, 2.75) is 44.7 Å². The fraction of sp³-hybridized carbons (Fsp3) is 0.206. The number of imidazole rings is 1. The third-order valence-corrected chi connectivity index (χ3v) is 8.50. The Hall–Kier alpha value is -5.31. The molecule has 1 atom stereocenters. The number of anilines is 1. The highest BCUT2D eigenvalue weighted by atomic mass is 16.1. The first-order valence-corrected chi connectivity index (χ1v) is 14.7. The Morgan fingerprint density at radius 1 is 1.00 bits per heavy atom. The molecule has 2 aliphatic rings. The van der Waals surface area contributed by atoms with Crippen LogP contribution in [0.5, 0.6) is 0 Å². The molecule has 5 heterocycles. The summed E-state index contributed by atoms with van der Waals surface area (Å²) >= 11 is 0. The minimum Gasteiger partial charge on any atom is -0.383 e. The van der Waals surface area contributed by atoms with Gasteiger partial charge in [0.1, 0.15) is 11.3 Å². The van der Waals surface area contributed by atoms with Crippen molar-refractivity contribution in [3.05, 3.63) is 108 Å². The van der Waals surface area contributed by atoms with Crippen LogP contribution in [0.3, 0.4) is 0 Å². The van der Waals surface area contributed by atoms with Crippen LogP contribution in [0, 0.1) is 6.92 Å². The van der Waals surface area contributed by atoms with Crippen molar-refractivity contribution in [2.24, 2.45) is 0 Å². The standard InChI is InChI=1S/C34H30N8O/c1-20-4-5-22(18-37-20)34(43)40-29-11-6-21-17-25(9-10-26(21)29)42-32(27-3-2-15-36-31(27)35)39-30-13-12-28(38-33(30)42)23-14-16-41(19-23)24-7-8-24/h2-5,9-10,12-19,24,29H,6-8,11H2,1H3,(H2,35,36)(H,40,43)/t29-/m0/s1. The molecule has 212 valence electrons. The van der Waals surface area contributed by atoms with Crippen LogP contribution >= 0.6 is 0 Å². The molecule has 43 heavy (non-hydrogen) atoms. The van der Waals surface area contributed by atoms with Gasteiger partial charge in [-0.05, 0) is 98.3 Å². The normalized spacial score (nSPS) is 16.0. The zero-order valence-electron chi connectivity index (χ0n) is 23.7. The van der Waals surface area contributed by atoms with Gasteiger partial charge in [-0.1, -0.05) is 6.07 Å². The van der Waals surface area contributed by atoms with Gasteiger partial charge in [0, 0.05) is 47.8 Å². The van der Waals surface area contributed by atoms with Crippen LogP contribution in [0.15, 0.2) is 85.5 Å². The Morgan fingerprint density at radius 3 is 2.72 bits per heavy atom. The summed E-state index contributed by atoms with van der Waals surface area (Å²) in [5.41, 5.74) is 15.3. The number of benzene rings is 1. The predicted octanol–water partition coefficient (Wildman–Crippen LogP) is 5.99. The van der Waals surface area contributed by atoms with Gasteiger partial charge < -0.3 is 15.6 Å². The lowest BCUT2D eigenvalue weighted by Gasteiger charge is -2.16. The number of amides is 1. The van der Waals surface area contributed by atoms with Crippen LogP contribution in [0.4, 0.5) is 5.82 Å². The number of pyridine rings is 3. The topological polar surface area (TPSA) is 117 Å². The van der Waals surface area contributed by atoms with Gasteiger partial charge in [-0.15, -0.1) is 0 Å². The highest BCUT2D eigenvalue weighted by Gasteiger charge is 2.27. The molecule has 9 nitrogen and oxygen atoms in total. The second-order valence-corrected chi connectivity index (χ2v) is 11.5. The van der Waals surface area contributed by atoms with E-state index in [4.69, 9.17) is 15.7 Å². The van der Waals surface area contributed by atoms with E-state index >= 15 is 0 Å². The first kappa shape index (κ1) is 25.4. The van der Waals surface area contributed by atoms with E-state index in [1.807, 2.05) is 43.3 Å². The van der Waals surface area contributed by atoms with Crippen LogP contribution < -0.4 is 11.1 Å². The average molecular weight is 567 g/mol. The van der Waals surface area contributed by atoms with Crippen molar-refractivity contribution in [1.82, 2.24) is 34.4 Å². The molecule has 1 saturated carbocycles. The van der Waals surface area contributed by atoms with Gasteiger partial charge >= 0.3 is 0 Å². The third kappa shape index (κ3) is 4.53. The minimum atomic E-state index is -0.114. The zero-order valence-corrected chi connectivity index (χ0v) is 23.7. The van der Waals surface area contributed by atoms with E-state index in [1.165, 1.54) is 18.4 Å². The van der Waals surface area contributed by atoms with Crippen LogP contribution in [-0.2, 0) is 6.42 Å². The van der Waals surface area contributed by atoms with Crippen molar-refractivity contribution in [3.63, 3.8) is 0 Å². The van der Waals surface area contributed by atoms with Gasteiger partial charge in [-0.25, -0.2) is 15.0 Å². The van der Waals surface area contributed by atoms with Crippen molar-refractivity contribution in [3.8, 4) is 28.3 Å². The molecule has 0 bridgehead atoms. The van der Waals surface area contributed by atoms with Gasteiger partial charge in [0.15, 0.2) is 11.5 Å². The van der Waals surface area contributed by atoms with E-state index in [0.29, 0.717) is 23.2 Å². The first-order chi connectivity index (χ1) is 21.0. The summed E-state index contributed by atoms with van der Waals surface area (Å²) < 4.78 is 4.36. The summed E-state index contributed by atoms with van der Waals surface area (Å²) in [4.78, 5) is 31.7. The Bertz CT molecular complexity index is 2020. The molecule has 5 aromatic heterocycles. The van der Waals surface area contributed by atoms with E-state index < -0.39 is 0 Å². The van der Waals surface area contributed by atoms with Gasteiger partial charge in [0.25, 0.3) is 5.91 Å². The van der Waals surface area contributed by atoms with Gasteiger partial charge in [0.2, 0.25) is 0 Å². The van der Waals surface area contributed by atoms with Crippen molar-refractivity contribution in [1.29, 1.82) is 0 Å². The number of fused-ring (bicyclic) bond motifs is 2. The molecule has 3 N–H and O–H groups in total. The second-order valence-electron chi connectivity index (χ2n) is 11.5. The van der Waals surface area contributed by atoms with E-state index in [0.717, 1.165) is 57.8 Å². The van der Waals surface area contributed by atoms with Crippen LogP contribution in [0.2, 0.25) is 0 Å². The number of nitrogens with zero attached hydrogens (tertiary/aromatic N) is 6. The summed E-state index contributed by atoms with van der Waals surface area (Å²) in [5.74, 6) is 0.988. The smallest absolute Gasteiger partial charge is 0.253 e. The van der Waals surface area contributed by atoms with Gasteiger partial charge in [-0.3, -0.25) is 14.3 Å². The highest BCUT2D eigenvalue weighted by Crippen LogP contribution is 2.38. The lowest BCUT2D eigenvalue weighted by molar-refractivity contribution is 0.0936. The van der Waals surface area contributed by atoms with E-state index in [9.17, 15) is 4.79 Å².